The van der Waals surface area contributed by atoms with Crippen molar-refractivity contribution in [2.24, 2.45) is 0 Å². The van der Waals surface area contributed by atoms with Gasteiger partial charge in [0.25, 0.3) is 0 Å². The van der Waals surface area contributed by atoms with E-state index in [1.807, 2.05) is 13.8 Å². The molecule has 1 saturated carbocycles. The summed E-state index contributed by atoms with van der Waals surface area (Å²) in [6, 6.07) is -0.328. The van der Waals surface area contributed by atoms with Crippen molar-refractivity contribution in [3.8, 4) is 0 Å². The van der Waals surface area contributed by atoms with Gasteiger partial charge < -0.3 is 5.32 Å². The van der Waals surface area contributed by atoms with E-state index in [0.29, 0.717) is 6.42 Å². The van der Waals surface area contributed by atoms with E-state index in [-0.39, 0.29) is 29.4 Å². The van der Waals surface area contributed by atoms with Crippen LogP contribution in [0.25, 0.3) is 0 Å². The summed E-state index contributed by atoms with van der Waals surface area (Å²) < 4.78 is 0. The first-order valence-electron chi connectivity index (χ1n) is 6.56. The fourth-order valence-electron chi connectivity index (χ4n) is 3.03. The summed E-state index contributed by atoms with van der Waals surface area (Å²) in [6.07, 6.45) is 4.96. The largest absolute Gasteiger partial charge is 0.300 e. The van der Waals surface area contributed by atoms with Crippen LogP contribution in [0.3, 0.4) is 0 Å². The molecular formula is C13H22N2O2. The first-order valence-corrected chi connectivity index (χ1v) is 6.56. The summed E-state index contributed by atoms with van der Waals surface area (Å²) in [6.45, 7) is 5.93. The highest BCUT2D eigenvalue weighted by Crippen LogP contribution is 2.31. The summed E-state index contributed by atoms with van der Waals surface area (Å²) in [5.74, 6) is -0.0813. The second-order valence-corrected chi connectivity index (χ2v) is 5.86. The molecule has 1 aliphatic carbocycles. The van der Waals surface area contributed by atoms with Crippen molar-refractivity contribution in [1.82, 2.24) is 10.2 Å². The molecule has 4 nitrogen and oxygen atoms in total. The number of imide groups is 1. The van der Waals surface area contributed by atoms with Crippen LogP contribution in [0.1, 0.15) is 52.9 Å². The number of hydrogen-bond donors (Lipinski definition) is 1. The molecule has 1 atom stereocenters. The van der Waals surface area contributed by atoms with Gasteiger partial charge in [0.15, 0.2) is 0 Å². The molecule has 0 aromatic carbocycles. The maximum absolute atomic E-state index is 12.1. The smallest absolute Gasteiger partial charge is 0.247 e. The van der Waals surface area contributed by atoms with Crippen molar-refractivity contribution >= 4 is 11.8 Å². The molecule has 2 amide bonds. The topological polar surface area (TPSA) is 49.4 Å². The predicted octanol–water partition coefficient (Wildman–Crippen LogP) is 1.44. The van der Waals surface area contributed by atoms with Crippen LogP contribution in [0, 0.1) is 0 Å². The second-order valence-electron chi connectivity index (χ2n) is 5.86. The van der Waals surface area contributed by atoms with Crippen molar-refractivity contribution < 1.29 is 9.59 Å². The summed E-state index contributed by atoms with van der Waals surface area (Å²) in [5, 5.41) is 3.41. The van der Waals surface area contributed by atoms with Crippen LogP contribution >= 0.6 is 0 Å². The molecule has 0 spiro atoms. The highest BCUT2D eigenvalue weighted by atomic mass is 16.2. The molecule has 0 aromatic rings. The Bertz CT molecular complexity index is 332. The quantitative estimate of drug-likeness (QED) is 0.757. The first-order chi connectivity index (χ1) is 7.93. The lowest BCUT2D eigenvalue weighted by molar-refractivity contribution is -0.140. The predicted molar refractivity (Wildman–Crippen MR) is 65.4 cm³/mol. The van der Waals surface area contributed by atoms with Gasteiger partial charge in [-0.05, 0) is 33.6 Å². The molecule has 1 N–H and O–H groups in total. The highest BCUT2D eigenvalue weighted by Gasteiger charge is 2.43. The number of carbonyl (C=O) groups is 2. The Labute approximate surface area is 103 Å². The van der Waals surface area contributed by atoms with Gasteiger partial charge in [0, 0.05) is 11.6 Å². The van der Waals surface area contributed by atoms with Gasteiger partial charge in [0.1, 0.15) is 0 Å². The van der Waals surface area contributed by atoms with Gasteiger partial charge in [-0.15, -0.1) is 0 Å². The van der Waals surface area contributed by atoms with Crippen LogP contribution in [-0.2, 0) is 9.59 Å². The van der Waals surface area contributed by atoms with Gasteiger partial charge in [-0.2, -0.15) is 0 Å². The fraction of sp³-hybridized carbons (Fsp3) is 0.846. The molecule has 2 rings (SSSR count). The van der Waals surface area contributed by atoms with E-state index in [4.69, 9.17) is 0 Å². The number of amides is 2. The van der Waals surface area contributed by atoms with Gasteiger partial charge in [-0.1, -0.05) is 12.8 Å². The lowest BCUT2D eigenvalue weighted by Gasteiger charge is -2.29. The average molecular weight is 238 g/mol. The molecule has 0 radical (unpaired) electrons. The summed E-state index contributed by atoms with van der Waals surface area (Å²) in [4.78, 5) is 25.3. The van der Waals surface area contributed by atoms with E-state index in [1.165, 1.54) is 17.7 Å². The van der Waals surface area contributed by atoms with Crippen molar-refractivity contribution in [3.05, 3.63) is 0 Å². The second kappa shape index (κ2) is 4.41. The molecule has 2 fully saturated rings. The van der Waals surface area contributed by atoms with Crippen molar-refractivity contribution in [1.29, 1.82) is 0 Å². The minimum atomic E-state index is -0.298. The van der Waals surface area contributed by atoms with Crippen molar-refractivity contribution in [3.63, 3.8) is 0 Å². The van der Waals surface area contributed by atoms with Crippen LogP contribution in [0.2, 0.25) is 0 Å². The fourth-order valence-corrected chi connectivity index (χ4v) is 3.03. The first kappa shape index (κ1) is 12.6. The molecule has 1 unspecified atom stereocenters. The zero-order valence-electron chi connectivity index (χ0n) is 11.0. The van der Waals surface area contributed by atoms with Gasteiger partial charge >= 0.3 is 0 Å². The monoisotopic (exact) mass is 238 g/mol. The number of likely N-dealkylation sites (tertiary alicyclic amines) is 1. The average Bonchev–Trinajstić information content (AvgIpc) is 2.73. The maximum Gasteiger partial charge on any atom is 0.247 e. The molecule has 96 valence electrons. The van der Waals surface area contributed by atoms with Gasteiger partial charge in [0.2, 0.25) is 11.8 Å². The Morgan fingerprint density at radius 1 is 1.29 bits per heavy atom. The Hall–Kier alpha value is -0.900. The van der Waals surface area contributed by atoms with E-state index in [2.05, 4.69) is 12.2 Å². The van der Waals surface area contributed by atoms with Crippen LogP contribution in [0.15, 0.2) is 0 Å². The van der Waals surface area contributed by atoms with E-state index < -0.39 is 0 Å². The molecule has 1 aliphatic heterocycles. The van der Waals surface area contributed by atoms with E-state index in [0.717, 1.165) is 12.8 Å². The lowest BCUT2D eigenvalue weighted by Crippen LogP contribution is -2.50. The number of nitrogens with one attached hydrogen (secondary N) is 1. The van der Waals surface area contributed by atoms with E-state index in [9.17, 15) is 9.59 Å². The Balaban J connectivity index is 2.04. The zero-order valence-corrected chi connectivity index (χ0v) is 11.0. The maximum atomic E-state index is 12.1. The van der Waals surface area contributed by atoms with Crippen LogP contribution in [0.4, 0.5) is 0 Å². The molecular weight excluding hydrogens is 216 g/mol. The Morgan fingerprint density at radius 3 is 2.35 bits per heavy atom. The standard InChI is InChI=1S/C13H22N2O2/c1-9(2)15-11(16)8-10(12(15)17)14-13(3)6-4-5-7-13/h9-10,14H,4-8H2,1-3H3. The number of rotatable bonds is 3. The van der Waals surface area contributed by atoms with Crippen molar-refractivity contribution in [2.75, 3.05) is 0 Å². The summed E-state index contributed by atoms with van der Waals surface area (Å²) >= 11 is 0. The molecule has 1 heterocycles. The Morgan fingerprint density at radius 2 is 1.88 bits per heavy atom. The minimum Gasteiger partial charge on any atom is -0.300 e. The van der Waals surface area contributed by atoms with Crippen LogP contribution in [0.5, 0.6) is 0 Å². The van der Waals surface area contributed by atoms with Crippen LogP contribution in [-0.4, -0.2) is 34.3 Å². The lowest BCUT2D eigenvalue weighted by atomic mass is 9.99. The third-order valence-electron chi connectivity index (χ3n) is 3.93. The number of nitrogens with zero attached hydrogens (tertiary/aromatic N) is 1. The van der Waals surface area contributed by atoms with Gasteiger partial charge in [0.05, 0.1) is 12.5 Å². The zero-order chi connectivity index (χ0) is 12.6. The van der Waals surface area contributed by atoms with E-state index in [1.54, 1.807) is 0 Å². The molecule has 17 heavy (non-hydrogen) atoms. The van der Waals surface area contributed by atoms with Gasteiger partial charge in [-0.3, -0.25) is 14.5 Å². The SMILES string of the molecule is CC(C)N1C(=O)CC(NC2(C)CCCC2)C1=O. The molecule has 0 bridgehead atoms. The third-order valence-corrected chi connectivity index (χ3v) is 3.93. The normalized spacial score (nSPS) is 28.5. The van der Waals surface area contributed by atoms with Gasteiger partial charge in [-0.25, -0.2) is 0 Å². The van der Waals surface area contributed by atoms with Crippen LogP contribution < -0.4 is 5.32 Å². The number of carbonyl (C=O) groups excluding carboxylic acids is 2. The summed E-state index contributed by atoms with van der Waals surface area (Å²) in [5.41, 5.74) is 0.0492. The molecule has 0 aromatic heterocycles. The number of hydrogen-bond acceptors (Lipinski definition) is 3. The third kappa shape index (κ3) is 2.37. The van der Waals surface area contributed by atoms with E-state index >= 15 is 0 Å². The minimum absolute atomic E-state index is 0.0295. The molecule has 4 heteroatoms. The summed E-state index contributed by atoms with van der Waals surface area (Å²) in [7, 11) is 0. The molecule has 1 saturated heterocycles. The highest BCUT2D eigenvalue weighted by molar-refractivity contribution is 6.05. The van der Waals surface area contributed by atoms with Crippen molar-refractivity contribution in [2.45, 2.75) is 70.5 Å². The molecule has 2 aliphatic rings. The Kier molecular flexibility index (Phi) is 3.25.